The third-order valence-corrected chi connectivity index (χ3v) is 2.23. The lowest BCUT2D eigenvalue weighted by molar-refractivity contribution is 0.0636. The van der Waals surface area contributed by atoms with E-state index < -0.39 is 11.7 Å². The fourth-order valence-corrected chi connectivity index (χ4v) is 1.51. The summed E-state index contributed by atoms with van der Waals surface area (Å²) in [5.41, 5.74) is 4.86. The molecule has 1 aromatic carbocycles. The Labute approximate surface area is 108 Å². The number of anilines is 1. The molecule has 0 radical (unpaired) electrons. The second kappa shape index (κ2) is 5.84. The average molecular weight is 251 g/mol. The van der Waals surface area contributed by atoms with Crippen molar-refractivity contribution in [2.24, 2.45) is 5.84 Å². The minimum absolute atomic E-state index is 0.449. The highest BCUT2D eigenvalue weighted by Gasteiger charge is 2.16. The minimum atomic E-state index is -0.499. The molecule has 5 heteroatoms. The van der Waals surface area contributed by atoms with Gasteiger partial charge >= 0.3 is 6.09 Å². The SMILES string of the molecule is Cc1cc(CNN)ccc1NC(=O)OC(C)(C)C. The van der Waals surface area contributed by atoms with Crippen molar-refractivity contribution < 1.29 is 9.53 Å². The van der Waals surface area contributed by atoms with Gasteiger partial charge in [0.25, 0.3) is 0 Å². The van der Waals surface area contributed by atoms with E-state index in [0.29, 0.717) is 6.54 Å². The molecule has 0 aromatic heterocycles. The Bertz CT molecular complexity index is 425. The number of benzene rings is 1. The number of carbonyl (C=O) groups excluding carboxylic acids is 1. The maximum absolute atomic E-state index is 11.6. The quantitative estimate of drug-likeness (QED) is 0.569. The van der Waals surface area contributed by atoms with Crippen LogP contribution in [0, 0.1) is 6.92 Å². The van der Waals surface area contributed by atoms with Crippen molar-refractivity contribution in [1.82, 2.24) is 5.43 Å². The maximum Gasteiger partial charge on any atom is 0.412 e. The Hall–Kier alpha value is -1.59. The lowest BCUT2D eigenvalue weighted by Crippen LogP contribution is -2.27. The van der Waals surface area contributed by atoms with Crippen LogP contribution in [0.2, 0.25) is 0 Å². The van der Waals surface area contributed by atoms with Gasteiger partial charge in [0.05, 0.1) is 0 Å². The minimum Gasteiger partial charge on any atom is -0.444 e. The van der Waals surface area contributed by atoms with Gasteiger partial charge in [-0.25, -0.2) is 4.79 Å². The van der Waals surface area contributed by atoms with Crippen molar-refractivity contribution in [2.45, 2.75) is 39.8 Å². The molecule has 0 bridgehead atoms. The molecule has 0 heterocycles. The predicted octanol–water partition coefficient (Wildman–Crippen LogP) is 2.31. The van der Waals surface area contributed by atoms with Crippen LogP contribution in [0.3, 0.4) is 0 Å². The number of nitrogens with two attached hydrogens (primary N) is 1. The molecule has 1 aromatic rings. The van der Waals surface area contributed by atoms with Gasteiger partial charge in [0.15, 0.2) is 0 Å². The highest BCUT2D eigenvalue weighted by atomic mass is 16.6. The van der Waals surface area contributed by atoms with Gasteiger partial charge in [-0.1, -0.05) is 12.1 Å². The zero-order valence-corrected chi connectivity index (χ0v) is 11.3. The van der Waals surface area contributed by atoms with Crippen LogP contribution in [0.25, 0.3) is 0 Å². The number of amides is 1. The van der Waals surface area contributed by atoms with Crippen LogP contribution in [0.1, 0.15) is 31.9 Å². The molecular formula is C13H21N3O2. The van der Waals surface area contributed by atoms with Gasteiger partial charge in [-0.2, -0.15) is 0 Å². The van der Waals surface area contributed by atoms with E-state index in [9.17, 15) is 4.79 Å². The van der Waals surface area contributed by atoms with Crippen LogP contribution < -0.4 is 16.6 Å². The molecule has 1 rings (SSSR count). The van der Waals surface area contributed by atoms with Crippen molar-refractivity contribution in [3.63, 3.8) is 0 Å². The topological polar surface area (TPSA) is 76.4 Å². The van der Waals surface area contributed by atoms with Gasteiger partial charge < -0.3 is 4.74 Å². The monoisotopic (exact) mass is 251 g/mol. The highest BCUT2D eigenvalue weighted by Crippen LogP contribution is 2.18. The van der Waals surface area contributed by atoms with Crippen molar-refractivity contribution >= 4 is 11.8 Å². The van der Waals surface area contributed by atoms with Crippen molar-refractivity contribution in [3.8, 4) is 0 Å². The lowest BCUT2D eigenvalue weighted by Gasteiger charge is -2.20. The first-order chi connectivity index (χ1) is 8.31. The molecule has 0 aliphatic heterocycles. The number of hydrazine groups is 1. The van der Waals surface area contributed by atoms with E-state index >= 15 is 0 Å². The Kier molecular flexibility index (Phi) is 4.69. The second-order valence-corrected chi connectivity index (χ2v) is 5.16. The number of hydrogen-bond donors (Lipinski definition) is 3. The number of aryl methyl sites for hydroxylation is 1. The molecule has 0 spiro atoms. The summed E-state index contributed by atoms with van der Waals surface area (Å²) in [5.74, 6) is 5.26. The largest absolute Gasteiger partial charge is 0.444 e. The second-order valence-electron chi connectivity index (χ2n) is 5.16. The molecule has 0 aliphatic rings. The van der Waals surface area contributed by atoms with Gasteiger partial charge in [0.1, 0.15) is 5.60 Å². The normalized spacial score (nSPS) is 11.2. The third-order valence-electron chi connectivity index (χ3n) is 2.23. The third kappa shape index (κ3) is 4.73. The van der Waals surface area contributed by atoms with Crippen molar-refractivity contribution in [3.05, 3.63) is 29.3 Å². The lowest BCUT2D eigenvalue weighted by atomic mass is 10.1. The highest BCUT2D eigenvalue weighted by molar-refractivity contribution is 5.85. The molecule has 0 saturated heterocycles. The van der Waals surface area contributed by atoms with E-state index in [2.05, 4.69) is 10.7 Å². The summed E-state index contributed by atoms with van der Waals surface area (Å²) in [5, 5.41) is 2.72. The van der Waals surface area contributed by atoms with E-state index in [1.165, 1.54) is 0 Å². The molecule has 0 atom stereocenters. The first-order valence-electron chi connectivity index (χ1n) is 5.85. The summed E-state index contributed by atoms with van der Waals surface area (Å²) in [6, 6.07) is 5.71. The van der Waals surface area contributed by atoms with Crippen LogP contribution >= 0.6 is 0 Å². The molecule has 18 heavy (non-hydrogen) atoms. The van der Waals surface area contributed by atoms with Crippen LogP contribution in [-0.2, 0) is 11.3 Å². The van der Waals surface area contributed by atoms with E-state index in [-0.39, 0.29) is 0 Å². The molecule has 100 valence electrons. The van der Waals surface area contributed by atoms with Gasteiger partial charge in [-0.05, 0) is 44.9 Å². The summed E-state index contributed by atoms with van der Waals surface area (Å²) in [6.45, 7) is 8.00. The van der Waals surface area contributed by atoms with E-state index in [0.717, 1.165) is 16.8 Å². The molecule has 0 fully saturated rings. The average Bonchev–Trinajstić information content (AvgIpc) is 2.20. The fraction of sp³-hybridized carbons (Fsp3) is 0.462. The number of rotatable bonds is 3. The molecular weight excluding hydrogens is 230 g/mol. The smallest absolute Gasteiger partial charge is 0.412 e. The van der Waals surface area contributed by atoms with Gasteiger partial charge in [0.2, 0.25) is 0 Å². The molecule has 5 nitrogen and oxygen atoms in total. The molecule has 0 saturated carbocycles. The maximum atomic E-state index is 11.6. The first-order valence-corrected chi connectivity index (χ1v) is 5.85. The Balaban J connectivity index is 2.71. The van der Waals surface area contributed by atoms with Gasteiger partial charge in [0, 0.05) is 12.2 Å². The molecule has 0 unspecified atom stereocenters. The van der Waals surface area contributed by atoms with Crippen LogP contribution in [0.5, 0.6) is 0 Å². The predicted molar refractivity (Wildman–Crippen MR) is 72.1 cm³/mol. The summed E-state index contributed by atoms with van der Waals surface area (Å²) < 4.78 is 5.19. The van der Waals surface area contributed by atoms with Gasteiger partial charge in [-0.15, -0.1) is 0 Å². The fourth-order valence-electron chi connectivity index (χ4n) is 1.51. The van der Waals surface area contributed by atoms with E-state index in [1.54, 1.807) is 0 Å². The van der Waals surface area contributed by atoms with E-state index in [1.807, 2.05) is 45.9 Å². The number of hydrogen-bond acceptors (Lipinski definition) is 4. The van der Waals surface area contributed by atoms with Crippen molar-refractivity contribution in [2.75, 3.05) is 5.32 Å². The Morgan fingerprint density at radius 3 is 2.56 bits per heavy atom. The number of ether oxygens (including phenoxy) is 1. The first kappa shape index (κ1) is 14.5. The van der Waals surface area contributed by atoms with E-state index in [4.69, 9.17) is 10.6 Å². The summed E-state index contributed by atoms with van der Waals surface area (Å²) in [7, 11) is 0. The zero-order valence-electron chi connectivity index (χ0n) is 11.3. The van der Waals surface area contributed by atoms with Crippen LogP contribution in [0.4, 0.5) is 10.5 Å². The molecule has 0 aliphatic carbocycles. The van der Waals surface area contributed by atoms with Crippen LogP contribution in [-0.4, -0.2) is 11.7 Å². The summed E-state index contributed by atoms with van der Waals surface area (Å²) in [6.07, 6.45) is -0.449. The summed E-state index contributed by atoms with van der Waals surface area (Å²) >= 11 is 0. The van der Waals surface area contributed by atoms with Crippen molar-refractivity contribution in [1.29, 1.82) is 0 Å². The number of carbonyl (C=O) groups is 1. The van der Waals surface area contributed by atoms with Gasteiger partial charge in [-0.3, -0.25) is 16.6 Å². The molecule has 1 amide bonds. The standard InChI is InChI=1S/C13H21N3O2/c1-9-7-10(8-15-14)5-6-11(9)16-12(17)18-13(2,3)4/h5-7,15H,8,14H2,1-4H3,(H,16,17). The summed E-state index contributed by atoms with van der Waals surface area (Å²) in [4.78, 5) is 11.6. The number of nitrogens with one attached hydrogen (secondary N) is 2. The Morgan fingerprint density at radius 2 is 2.06 bits per heavy atom. The molecule has 4 N–H and O–H groups in total. The van der Waals surface area contributed by atoms with Crippen LogP contribution in [0.15, 0.2) is 18.2 Å². The zero-order chi connectivity index (χ0) is 13.8. The Morgan fingerprint density at radius 1 is 1.39 bits per heavy atom.